The van der Waals surface area contributed by atoms with Crippen LogP contribution < -0.4 is 5.11 Å². The Morgan fingerprint density at radius 1 is 1.83 bits per heavy atom. The minimum atomic E-state index is -1.21. The normalized spacial score (nSPS) is 8.17. The highest BCUT2D eigenvalue weighted by Gasteiger charge is 1.76. The largest absolute Gasteiger partial charge is 0.550 e. The van der Waals surface area contributed by atoms with Gasteiger partial charge in [-0.2, -0.15) is 0 Å². The number of rotatable bonds is 2. The van der Waals surface area contributed by atoms with E-state index in [4.69, 9.17) is 5.11 Å². The maximum atomic E-state index is 9.33. The summed E-state index contributed by atoms with van der Waals surface area (Å²) >= 11 is 0. The zero-order valence-electron chi connectivity index (χ0n) is 3.18. The molecular weight excluding hydrogens is 84.0 g/mol. The molecule has 0 atom stereocenters. The average molecular weight is 89.1 g/mol. The summed E-state index contributed by atoms with van der Waals surface area (Å²) < 4.78 is 0. The Morgan fingerprint density at radius 3 is 2.33 bits per heavy atom. The summed E-state index contributed by atoms with van der Waals surface area (Å²) in [4.78, 5) is 9.33. The lowest BCUT2D eigenvalue weighted by Crippen LogP contribution is -2.22. The number of aliphatic hydroxyl groups excluding tert-OH is 1. The molecule has 0 aliphatic heterocycles. The molecule has 0 unspecified atom stereocenters. The van der Waals surface area contributed by atoms with E-state index in [2.05, 4.69) is 0 Å². The number of carbonyl (C=O) groups excluding carboxylic acids is 1. The molecule has 6 heavy (non-hydrogen) atoms. The molecule has 0 saturated carbocycles. The molecule has 0 bridgehead atoms. The van der Waals surface area contributed by atoms with Crippen molar-refractivity contribution in [1.29, 1.82) is 0 Å². The van der Waals surface area contributed by atoms with Crippen LogP contribution in [0.5, 0.6) is 0 Å². The summed E-state index contributed by atoms with van der Waals surface area (Å²) in [6.45, 7) is -0.331. The second kappa shape index (κ2) is 2.66. The number of hydrogen-bond donors (Lipinski definition) is 1. The van der Waals surface area contributed by atoms with Crippen molar-refractivity contribution >= 4 is 5.97 Å². The van der Waals surface area contributed by atoms with Gasteiger partial charge in [-0.3, -0.25) is 0 Å². The third kappa shape index (κ3) is 3.43. The number of hydrogen-bond acceptors (Lipinski definition) is 3. The predicted octanol–water partition coefficient (Wildman–Crippen LogP) is -1.88. The van der Waals surface area contributed by atoms with Crippen LogP contribution in [0.15, 0.2) is 0 Å². The van der Waals surface area contributed by atoms with E-state index < -0.39 is 5.97 Å². The summed E-state index contributed by atoms with van der Waals surface area (Å²) in [6.07, 6.45) is -0.264. The molecule has 0 spiro atoms. The summed E-state index contributed by atoms with van der Waals surface area (Å²) in [5, 5.41) is 17.1. The standard InChI is InChI=1S/C3H6O3/c4-2-1-3(5)6/h4H,1-2H2,(H,5,6)/p-1. The Labute approximate surface area is 35.2 Å². The molecule has 1 N–H and O–H groups in total. The average Bonchev–Trinajstić information content (AvgIpc) is 1.35. The quantitative estimate of drug-likeness (QED) is 0.430. The topological polar surface area (TPSA) is 60.4 Å². The highest BCUT2D eigenvalue weighted by molar-refractivity contribution is 5.64. The first-order valence-corrected chi connectivity index (χ1v) is 1.58. The molecule has 0 heterocycles. The van der Waals surface area contributed by atoms with E-state index in [0.29, 0.717) is 0 Å². The zero-order valence-corrected chi connectivity index (χ0v) is 3.18. The zero-order chi connectivity index (χ0) is 4.99. The van der Waals surface area contributed by atoms with Crippen LogP contribution in [0.1, 0.15) is 6.42 Å². The Balaban J connectivity index is 2.83. The summed E-state index contributed by atoms with van der Waals surface area (Å²) in [6, 6.07) is 0. The SMILES string of the molecule is O=C([O-])CCO. The smallest absolute Gasteiger partial charge is 0.0483 e. The van der Waals surface area contributed by atoms with Gasteiger partial charge in [-0.1, -0.05) is 0 Å². The fourth-order valence-corrected chi connectivity index (χ4v) is 0.0913. The Bertz CT molecular complexity index is 50.0. The number of carboxylic acid groups (broad SMARTS) is 1. The van der Waals surface area contributed by atoms with Crippen LogP contribution in [0.4, 0.5) is 0 Å². The minimum Gasteiger partial charge on any atom is -0.550 e. The van der Waals surface area contributed by atoms with Crippen LogP contribution in [-0.4, -0.2) is 17.7 Å². The number of aliphatic hydroxyl groups is 1. The lowest BCUT2D eigenvalue weighted by atomic mass is 10.5. The van der Waals surface area contributed by atoms with Crippen molar-refractivity contribution in [2.75, 3.05) is 6.61 Å². The van der Waals surface area contributed by atoms with Crippen molar-refractivity contribution in [3.63, 3.8) is 0 Å². The van der Waals surface area contributed by atoms with E-state index in [-0.39, 0.29) is 13.0 Å². The molecule has 0 rings (SSSR count). The van der Waals surface area contributed by atoms with Gasteiger partial charge in [0.25, 0.3) is 0 Å². The summed E-state index contributed by atoms with van der Waals surface area (Å²) in [5.41, 5.74) is 0. The fraction of sp³-hybridized carbons (Fsp3) is 0.667. The number of aliphatic carboxylic acids is 1. The highest BCUT2D eigenvalue weighted by Crippen LogP contribution is 1.65. The fourth-order valence-electron chi connectivity index (χ4n) is 0.0913. The van der Waals surface area contributed by atoms with Crippen molar-refractivity contribution in [3.05, 3.63) is 0 Å². The van der Waals surface area contributed by atoms with Gasteiger partial charge >= 0.3 is 0 Å². The highest BCUT2D eigenvalue weighted by atomic mass is 16.4. The molecule has 0 saturated heterocycles. The predicted molar refractivity (Wildman–Crippen MR) is 16.7 cm³/mol. The van der Waals surface area contributed by atoms with Gasteiger partial charge in [-0.05, 0) is 0 Å². The van der Waals surface area contributed by atoms with E-state index >= 15 is 0 Å². The summed E-state index contributed by atoms with van der Waals surface area (Å²) in [5.74, 6) is -1.21. The van der Waals surface area contributed by atoms with Crippen LogP contribution in [0.3, 0.4) is 0 Å². The van der Waals surface area contributed by atoms with E-state index in [1.165, 1.54) is 0 Å². The van der Waals surface area contributed by atoms with Gasteiger partial charge < -0.3 is 15.0 Å². The van der Waals surface area contributed by atoms with Gasteiger partial charge in [0.1, 0.15) is 0 Å². The molecule has 0 aliphatic carbocycles. The van der Waals surface area contributed by atoms with Crippen LogP contribution in [-0.2, 0) is 4.79 Å². The molecule has 0 aliphatic rings. The van der Waals surface area contributed by atoms with Crippen molar-refractivity contribution in [2.45, 2.75) is 6.42 Å². The van der Waals surface area contributed by atoms with Crippen LogP contribution in [0, 0.1) is 0 Å². The van der Waals surface area contributed by atoms with E-state index in [1.807, 2.05) is 0 Å². The van der Waals surface area contributed by atoms with Crippen molar-refractivity contribution in [1.82, 2.24) is 0 Å². The first-order valence-electron chi connectivity index (χ1n) is 1.58. The van der Waals surface area contributed by atoms with E-state index in [1.54, 1.807) is 0 Å². The first kappa shape index (κ1) is 5.43. The molecule has 36 valence electrons. The van der Waals surface area contributed by atoms with Gasteiger partial charge in [0.2, 0.25) is 0 Å². The molecular formula is C3H5O3-. The number of carboxylic acids is 1. The van der Waals surface area contributed by atoms with Crippen molar-refractivity contribution in [2.24, 2.45) is 0 Å². The first-order chi connectivity index (χ1) is 2.77. The molecule has 0 aromatic heterocycles. The number of carbonyl (C=O) groups is 1. The Kier molecular flexibility index (Phi) is 2.40. The summed E-state index contributed by atoms with van der Waals surface area (Å²) in [7, 11) is 0. The molecule has 0 aromatic carbocycles. The van der Waals surface area contributed by atoms with Gasteiger partial charge in [0.15, 0.2) is 0 Å². The van der Waals surface area contributed by atoms with Crippen LogP contribution in [0.2, 0.25) is 0 Å². The second-order valence-electron chi connectivity index (χ2n) is 0.846. The monoisotopic (exact) mass is 89.0 g/mol. The molecule has 3 heteroatoms. The van der Waals surface area contributed by atoms with Gasteiger partial charge in [0.05, 0.1) is 0 Å². The Morgan fingerprint density at radius 2 is 2.33 bits per heavy atom. The van der Waals surface area contributed by atoms with Gasteiger partial charge in [-0.25, -0.2) is 0 Å². The van der Waals surface area contributed by atoms with Crippen LogP contribution >= 0.6 is 0 Å². The van der Waals surface area contributed by atoms with Crippen molar-refractivity contribution in [3.8, 4) is 0 Å². The molecule has 3 nitrogen and oxygen atoms in total. The molecule has 0 amide bonds. The van der Waals surface area contributed by atoms with E-state index in [0.717, 1.165) is 0 Å². The maximum Gasteiger partial charge on any atom is 0.0483 e. The molecule has 0 aromatic rings. The maximum absolute atomic E-state index is 9.33. The van der Waals surface area contributed by atoms with Crippen LogP contribution in [0.25, 0.3) is 0 Å². The lowest BCUT2D eigenvalue weighted by Gasteiger charge is -1.91. The second-order valence-corrected chi connectivity index (χ2v) is 0.846. The lowest BCUT2D eigenvalue weighted by molar-refractivity contribution is -0.306. The third-order valence-electron chi connectivity index (χ3n) is 0.316. The van der Waals surface area contributed by atoms with E-state index in [9.17, 15) is 9.90 Å². The van der Waals surface area contributed by atoms with Crippen molar-refractivity contribution < 1.29 is 15.0 Å². The minimum absolute atomic E-state index is 0.264. The molecule has 0 fully saturated rings. The van der Waals surface area contributed by atoms with Gasteiger partial charge in [-0.15, -0.1) is 0 Å². The van der Waals surface area contributed by atoms with Gasteiger partial charge in [0, 0.05) is 19.0 Å². The third-order valence-corrected chi connectivity index (χ3v) is 0.316. The molecule has 0 radical (unpaired) electrons. The Hall–Kier alpha value is -0.570.